The molecule has 0 aliphatic carbocycles. The van der Waals surface area contributed by atoms with Crippen LogP contribution in [0.4, 0.5) is 4.79 Å². The number of oxime groups is 1. The summed E-state index contributed by atoms with van der Waals surface area (Å²) >= 11 is 6.25. The quantitative estimate of drug-likeness (QED) is 0.832. The first-order valence-electron chi connectivity index (χ1n) is 8.71. The third-order valence-electron chi connectivity index (χ3n) is 4.17. The fourth-order valence-corrected chi connectivity index (χ4v) is 3.16. The van der Waals surface area contributed by atoms with E-state index in [4.69, 9.17) is 16.4 Å². The number of urea groups is 1. The highest BCUT2D eigenvalue weighted by molar-refractivity contribution is 6.34. The lowest BCUT2D eigenvalue weighted by Gasteiger charge is -2.25. The Morgan fingerprint density at radius 1 is 1.23 bits per heavy atom. The molecule has 0 bridgehead atoms. The first-order chi connectivity index (χ1) is 12.7. The van der Waals surface area contributed by atoms with Crippen LogP contribution in [0.2, 0.25) is 5.02 Å². The fourth-order valence-electron chi connectivity index (χ4n) is 2.91. The number of carbonyl (C=O) groups excluding carboxylic acids is 1. The normalized spacial score (nSPS) is 15.9. The Bertz CT molecular complexity index is 780. The second kappa shape index (κ2) is 8.72. The van der Waals surface area contributed by atoms with Gasteiger partial charge >= 0.3 is 6.03 Å². The van der Waals surface area contributed by atoms with E-state index >= 15 is 0 Å². The van der Waals surface area contributed by atoms with Gasteiger partial charge in [-0.3, -0.25) is 0 Å². The van der Waals surface area contributed by atoms with Gasteiger partial charge in [0.1, 0.15) is 0 Å². The predicted molar refractivity (Wildman–Crippen MR) is 103 cm³/mol. The molecule has 0 aromatic heterocycles. The van der Waals surface area contributed by atoms with E-state index in [1.807, 2.05) is 61.5 Å². The van der Waals surface area contributed by atoms with Crippen LogP contribution >= 0.6 is 11.6 Å². The van der Waals surface area contributed by atoms with Crippen molar-refractivity contribution in [3.63, 3.8) is 0 Å². The lowest BCUT2D eigenvalue weighted by molar-refractivity contribution is 0.0590. The maximum atomic E-state index is 12.4. The van der Waals surface area contributed by atoms with E-state index in [1.54, 1.807) is 4.90 Å². The van der Waals surface area contributed by atoms with Gasteiger partial charge < -0.3 is 15.1 Å². The summed E-state index contributed by atoms with van der Waals surface area (Å²) in [5, 5.41) is 7.71. The largest absolute Gasteiger partial charge is 0.390 e. The van der Waals surface area contributed by atoms with Crippen LogP contribution in [0.25, 0.3) is 0 Å². The zero-order valence-electron chi connectivity index (χ0n) is 14.7. The number of hydrogen-bond acceptors (Lipinski definition) is 3. The Kier molecular flexibility index (Phi) is 6.12. The minimum absolute atomic E-state index is 0.105. The molecule has 0 unspecified atom stereocenters. The summed E-state index contributed by atoms with van der Waals surface area (Å²) in [5.74, 6) is 0. The summed E-state index contributed by atoms with van der Waals surface area (Å²) in [5.41, 5.74) is 2.77. The standard InChI is InChI=1S/C20H22ClN3O2/c1-2-22-20(25)24(13-15-8-4-3-5-9-15)14-16-12-19(23-26-16)17-10-6-7-11-18(17)21/h3-11,16H,2,12-14H2,1H3,(H,22,25)/t16-/m1/s1. The smallest absolute Gasteiger partial charge is 0.317 e. The van der Waals surface area contributed by atoms with Crippen LogP contribution in [0, 0.1) is 0 Å². The van der Waals surface area contributed by atoms with Crippen molar-refractivity contribution in [3.05, 3.63) is 70.7 Å². The van der Waals surface area contributed by atoms with Gasteiger partial charge in [0.15, 0.2) is 6.10 Å². The number of halogens is 1. The molecule has 1 atom stereocenters. The number of nitrogens with zero attached hydrogens (tertiary/aromatic N) is 2. The number of carbonyl (C=O) groups is 1. The highest BCUT2D eigenvalue weighted by Crippen LogP contribution is 2.23. The lowest BCUT2D eigenvalue weighted by Crippen LogP contribution is -2.43. The van der Waals surface area contributed by atoms with Crippen LogP contribution in [0.15, 0.2) is 59.8 Å². The lowest BCUT2D eigenvalue weighted by atomic mass is 10.0. The first kappa shape index (κ1) is 18.3. The zero-order valence-corrected chi connectivity index (χ0v) is 15.4. The van der Waals surface area contributed by atoms with Gasteiger partial charge in [0, 0.05) is 30.1 Å². The van der Waals surface area contributed by atoms with E-state index in [2.05, 4.69) is 10.5 Å². The Labute approximate surface area is 158 Å². The van der Waals surface area contributed by atoms with Crippen LogP contribution in [0.5, 0.6) is 0 Å². The Morgan fingerprint density at radius 3 is 2.69 bits per heavy atom. The summed E-state index contributed by atoms with van der Waals surface area (Å²) < 4.78 is 0. The maximum absolute atomic E-state index is 12.4. The van der Waals surface area contributed by atoms with Crippen molar-refractivity contribution in [1.82, 2.24) is 10.2 Å². The third-order valence-corrected chi connectivity index (χ3v) is 4.50. The maximum Gasteiger partial charge on any atom is 0.317 e. The average molecular weight is 372 g/mol. The minimum Gasteiger partial charge on any atom is -0.390 e. The van der Waals surface area contributed by atoms with Gasteiger partial charge in [-0.15, -0.1) is 0 Å². The number of amides is 2. The van der Waals surface area contributed by atoms with Crippen LogP contribution in [0.3, 0.4) is 0 Å². The second-order valence-electron chi connectivity index (χ2n) is 6.15. The molecule has 2 aromatic carbocycles. The van der Waals surface area contributed by atoms with Crippen molar-refractivity contribution < 1.29 is 9.63 Å². The van der Waals surface area contributed by atoms with E-state index in [-0.39, 0.29) is 12.1 Å². The van der Waals surface area contributed by atoms with Crippen molar-refractivity contribution >= 4 is 23.3 Å². The van der Waals surface area contributed by atoms with Gasteiger partial charge in [-0.1, -0.05) is 65.3 Å². The van der Waals surface area contributed by atoms with Crippen molar-refractivity contribution in [1.29, 1.82) is 0 Å². The SMILES string of the molecule is CCNC(=O)N(Cc1ccccc1)C[C@H]1CC(c2ccccc2Cl)=NO1. The summed E-state index contributed by atoms with van der Waals surface area (Å²) in [6.07, 6.45) is 0.432. The van der Waals surface area contributed by atoms with Crippen LogP contribution in [-0.4, -0.2) is 35.8 Å². The fraction of sp³-hybridized carbons (Fsp3) is 0.300. The zero-order chi connectivity index (χ0) is 18.4. The molecular formula is C20H22ClN3O2. The number of benzene rings is 2. The molecule has 0 saturated carbocycles. The van der Waals surface area contributed by atoms with Gasteiger partial charge in [0.2, 0.25) is 0 Å². The molecule has 0 fully saturated rings. The summed E-state index contributed by atoms with van der Waals surface area (Å²) in [6, 6.07) is 17.4. The molecule has 2 aromatic rings. The van der Waals surface area contributed by atoms with Crippen molar-refractivity contribution in [3.8, 4) is 0 Å². The van der Waals surface area contributed by atoms with E-state index in [1.165, 1.54) is 0 Å². The highest BCUT2D eigenvalue weighted by atomic mass is 35.5. The molecule has 1 heterocycles. The van der Waals surface area contributed by atoms with Gasteiger partial charge in [-0.2, -0.15) is 0 Å². The van der Waals surface area contributed by atoms with E-state index in [0.29, 0.717) is 31.1 Å². The molecule has 3 rings (SSSR count). The van der Waals surface area contributed by atoms with Crippen molar-refractivity contribution in [2.75, 3.05) is 13.1 Å². The molecule has 0 radical (unpaired) electrons. The Hall–Kier alpha value is -2.53. The van der Waals surface area contributed by atoms with Gasteiger partial charge in [-0.05, 0) is 18.6 Å². The van der Waals surface area contributed by atoms with Crippen LogP contribution < -0.4 is 5.32 Å². The van der Waals surface area contributed by atoms with Crippen molar-refractivity contribution in [2.24, 2.45) is 5.16 Å². The predicted octanol–water partition coefficient (Wildman–Crippen LogP) is 4.06. The van der Waals surface area contributed by atoms with Crippen molar-refractivity contribution in [2.45, 2.75) is 26.0 Å². The van der Waals surface area contributed by atoms with Gasteiger partial charge in [0.05, 0.1) is 12.3 Å². The molecule has 6 heteroatoms. The topological polar surface area (TPSA) is 53.9 Å². The third kappa shape index (κ3) is 4.55. The highest BCUT2D eigenvalue weighted by Gasteiger charge is 2.27. The minimum atomic E-state index is -0.187. The Balaban J connectivity index is 1.66. The molecule has 2 amide bonds. The van der Waals surface area contributed by atoms with E-state index < -0.39 is 0 Å². The average Bonchev–Trinajstić information content (AvgIpc) is 3.11. The van der Waals surface area contributed by atoms with Crippen LogP contribution in [-0.2, 0) is 11.4 Å². The monoisotopic (exact) mass is 371 g/mol. The molecule has 26 heavy (non-hydrogen) atoms. The molecule has 1 aliphatic rings. The number of rotatable bonds is 6. The molecule has 1 aliphatic heterocycles. The van der Waals surface area contributed by atoms with Crippen LogP contribution in [0.1, 0.15) is 24.5 Å². The first-order valence-corrected chi connectivity index (χ1v) is 9.09. The molecule has 5 nitrogen and oxygen atoms in total. The number of hydrogen-bond donors (Lipinski definition) is 1. The molecule has 0 spiro atoms. The Morgan fingerprint density at radius 2 is 1.96 bits per heavy atom. The molecule has 1 N–H and O–H groups in total. The molecule has 136 valence electrons. The molecular weight excluding hydrogens is 350 g/mol. The van der Waals surface area contributed by atoms with E-state index in [9.17, 15) is 4.79 Å². The summed E-state index contributed by atoms with van der Waals surface area (Å²) in [7, 11) is 0. The van der Waals surface area contributed by atoms with Gasteiger partial charge in [-0.25, -0.2) is 4.79 Å². The number of nitrogens with one attached hydrogen (secondary N) is 1. The molecule has 0 saturated heterocycles. The second-order valence-corrected chi connectivity index (χ2v) is 6.56. The van der Waals surface area contributed by atoms with E-state index in [0.717, 1.165) is 16.8 Å². The summed E-state index contributed by atoms with van der Waals surface area (Å²) in [4.78, 5) is 19.8. The van der Waals surface area contributed by atoms with Gasteiger partial charge in [0.25, 0.3) is 0 Å². The summed E-state index contributed by atoms with van der Waals surface area (Å²) in [6.45, 7) is 3.46.